The van der Waals surface area contributed by atoms with Crippen molar-refractivity contribution in [1.82, 2.24) is 5.32 Å². The molecule has 1 aromatic rings. The molecule has 1 aromatic carbocycles. The summed E-state index contributed by atoms with van der Waals surface area (Å²) in [7, 11) is 1.26. The molecule has 0 aromatic heterocycles. The van der Waals surface area contributed by atoms with Crippen LogP contribution in [0.2, 0.25) is 5.02 Å². The summed E-state index contributed by atoms with van der Waals surface area (Å²) in [6.07, 6.45) is 0.830. The van der Waals surface area contributed by atoms with Crippen LogP contribution in [0.3, 0.4) is 0 Å². The Morgan fingerprint density at radius 3 is 2.40 bits per heavy atom. The zero-order chi connectivity index (χ0) is 19.2. The van der Waals surface area contributed by atoms with Crippen molar-refractivity contribution in [3.05, 3.63) is 28.8 Å². The summed E-state index contributed by atoms with van der Waals surface area (Å²) in [5.41, 5.74) is -0.791. The summed E-state index contributed by atoms with van der Waals surface area (Å²) in [5, 5.41) is 5.64. The van der Waals surface area contributed by atoms with E-state index in [1.54, 1.807) is 0 Å². The van der Waals surface area contributed by atoms with Crippen molar-refractivity contribution < 1.29 is 19.1 Å². The molecule has 0 aliphatic heterocycles. The van der Waals surface area contributed by atoms with E-state index in [0.717, 1.165) is 6.42 Å². The van der Waals surface area contributed by atoms with Gasteiger partial charge in [0.2, 0.25) is 11.8 Å². The van der Waals surface area contributed by atoms with E-state index in [1.165, 1.54) is 39.2 Å². The lowest BCUT2D eigenvalue weighted by Gasteiger charge is -2.23. The van der Waals surface area contributed by atoms with Gasteiger partial charge in [-0.15, -0.1) is 0 Å². The predicted molar refractivity (Wildman–Crippen MR) is 97.7 cm³/mol. The molecule has 0 fully saturated rings. The van der Waals surface area contributed by atoms with E-state index in [0.29, 0.717) is 12.5 Å². The van der Waals surface area contributed by atoms with Gasteiger partial charge in [-0.2, -0.15) is 0 Å². The van der Waals surface area contributed by atoms with Crippen LogP contribution in [0.4, 0.5) is 5.69 Å². The summed E-state index contributed by atoms with van der Waals surface area (Å²) in [6.45, 7) is 7.68. The number of anilines is 1. The average molecular weight is 369 g/mol. The molecular formula is C18H25ClN2O4. The Bertz CT molecular complexity index is 656. The molecule has 0 spiro atoms. The number of ether oxygens (including phenoxy) is 1. The van der Waals surface area contributed by atoms with Gasteiger partial charge in [-0.1, -0.05) is 25.4 Å². The van der Waals surface area contributed by atoms with Crippen LogP contribution in [0.15, 0.2) is 18.2 Å². The first-order valence-corrected chi connectivity index (χ1v) is 8.45. The highest BCUT2D eigenvalue weighted by atomic mass is 35.5. The van der Waals surface area contributed by atoms with Crippen molar-refractivity contribution in [3.63, 3.8) is 0 Å². The van der Waals surface area contributed by atoms with Gasteiger partial charge in [0.05, 0.1) is 23.4 Å². The summed E-state index contributed by atoms with van der Waals surface area (Å²) in [5.74, 6) is -0.973. The molecule has 2 N–H and O–H groups in total. The van der Waals surface area contributed by atoms with Crippen molar-refractivity contribution in [2.24, 2.45) is 11.3 Å². The van der Waals surface area contributed by atoms with E-state index in [9.17, 15) is 14.4 Å². The third-order valence-electron chi connectivity index (χ3n) is 3.78. The molecular weight excluding hydrogens is 344 g/mol. The standard InChI is InChI=1S/C18H25ClN2O4/c1-11(2)8-9-20-16(23)18(3,4)17(24)21-14-10-12(15(22)25-5)6-7-13(14)19/h6-7,10-11H,8-9H2,1-5H3,(H,20,23)(H,21,24). The molecule has 0 saturated carbocycles. The van der Waals surface area contributed by atoms with Crippen molar-refractivity contribution in [2.75, 3.05) is 19.0 Å². The van der Waals surface area contributed by atoms with Gasteiger partial charge in [-0.25, -0.2) is 4.79 Å². The first-order valence-electron chi connectivity index (χ1n) is 8.07. The molecule has 138 valence electrons. The van der Waals surface area contributed by atoms with E-state index in [2.05, 4.69) is 29.2 Å². The molecule has 2 amide bonds. The van der Waals surface area contributed by atoms with E-state index in [4.69, 9.17) is 11.6 Å². The van der Waals surface area contributed by atoms with Crippen LogP contribution in [-0.2, 0) is 14.3 Å². The van der Waals surface area contributed by atoms with Crippen LogP contribution in [-0.4, -0.2) is 31.4 Å². The largest absolute Gasteiger partial charge is 0.465 e. The van der Waals surface area contributed by atoms with Crippen molar-refractivity contribution in [1.29, 1.82) is 0 Å². The third kappa shape index (κ3) is 5.74. The van der Waals surface area contributed by atoms with Crippen molar-refractivity contribution in [2.45, 2.75) is 34.1 Å². The second-order valence-electron chi connectivity index (χ2n) is 6.70. The topological polar surface area (TPSA) is 84.5 Å². The lowest BCUT2D eigenvalue weighted by Crippen LogP contribution is -2.45. The van der Waals surface area contributed by atoms with Crippen LogP contribution >= 0.6 is 11.6 Å². The minimum atomic E-state index is -1.29. The molecule has 1 rings (SSSR count). The number of halogens is 1. The number of nitrogens with one attached hydrogen (secondary N) is 2. The average Bonchev–Trinajstić information content (AvgIpc) is 2.55. The number of benzene rings is 1. The zero-order valence-corrected chi connectivity index (χ0v) is 16.0. The van der Waals surface area contributed by atoms with E-state index >= 15 is 0 Å². The summed E-state index contributed by atoms with van der Waals surface area (Å²) in [4.78, 5) is 36.4. The fourth-order valence-corrected chi connectivity index (χ4v) is 2.11. The number of rotatable bonds is 7. The Balaban J connectivity index is 2.86. The Morgan fingerprint density at radius 2 is 1.84 bits per heavy atom. The number of amides is 2. The maximum absolute atomic E-state index is 12.5. The molecule has 0 atom stereocenters. The maximum atomic E-state index is 12.5. The Labute approximate surface area is 153 Å². The number of methoxy groups -OCH3 is 1. The molecule has 0 bridgehead atoms. The quantitative estimate of drug-likeness (QED) is 0.571. The number of hydrogen-bond acceptors (Lipinski definition) is 4. The molecule has 0 radical (unpaired) electrons. The number of esters is 1. The van der Waals surface area contributed by atoms with Gasteiger partial charge >= 0.3 is 5.97 Å². The van der Waals surface area contributed by atoms with Crippen molar-refractivity contribution >= 4 is 35.1 Å². The summed E-state index contributed by atoms with van der Waals surface area (Å²) in [6, 6.07) is 4.39. The van der Waals surface area contributed by atoms with Crippen LogP contribution in [0.25, 0.3) is 0 Å². The smallest absolute Gasteiger partial charge is 0.337 e. The van der Waals surface area contributed by atoms with Crippen LogP contribution < -0.4 is 10.6 Å². The first-order chi connectivity index (χ1) is 11.6. The van der Waals surface area contributed by atoms with Crippen LogP contribution in [0.5, 0.6) is 0 Å². The SMILES string of the molecule is COC(=O)c1ccc(Cl)c(NC(=O)C(C)(C)C(=O)NCCC(C)C)c1. The monoisotopic (exact) mass is 368 g/mol. The molecule has 0 aliphatic rings. The molecule has 0 aliphatic carbocycles. The highest BCUT2D eigenvalue weighted by Crippen LogP contribution is 2.26. The fraction of sp³-hybridized carbons (Fsp3) is 0.500. The number of hydrogen-bond donors (Lipinski definition) is 2. The minimum absolute atomic E-state index is 0.248. The third-order valence-corrected chi connectivity index (χ3v) is 4.11. The number of carbonyl (C=O) groups is 3. The molecule has 6 nitrogen and oxygen atoms in total. The highest BCUT2D eigenvalue weighted by molar-refractivity contribution is 6.34. The second-order valence-corrected chi connectivity index (χ2v) is 7.11. The Morgan fingerprint density at radius 1 is 1.20 bits per heavy atom. The van der Waals surface area contributed by atoms with Gasteiger partial charge in [0, 0.05) is 6.54 Å². The van der Waals surface area contributed by atoms with Gasteiger partial charge < -0.3 is 15.4 Å². The number of carbonyl (C=O) groups excluding carboxylic acids is 3. The molecule has 7 heteroatoms. The Hall–Kier alpha value is -2.08. The molecule has 0 unspecified atom stereocenters. The molecule has 25 heavy (non-hydrogen) atoms. The highest BCUT2D eigenvalue weighted by Gasteiger charge is 2.36. The summed E-state index contributed by atoms with van der Waals surface area (Å²) >= 11 is 6.07. The van der Waals surface area contributed by atoms with E-state index < -0.39 is 17.3 Å². The van der Waals surface area contributed by atoms with E-state index in [-0.39, 0.29) is 22.2 Å². The summed E-state index contributed by atoms with van der Waals surface area (Å²) < 4.78 is 4.65. The van der Waals surface area contributed by atoms with Gasteiger partial charge in [-0.3, -0.25) is 9.59 Å². The minimum Gasteiger partial charge on any atom is -0.465 e. The van der Waals surface area contributed by atoms with Gasteiger partial charge in [0.1, 0.15) is 5.41 Å². The van der Waals surface area contributed by atoms with Gasteiger partial charge in [0.15, 0.2) is 0 Å². The van der Waals surface area contributed by atoms with E-state index in [1.807, 2.05) is 0 Å². The van der Waals surface area contributed by atoms with Gasteiger partial charge in [-0.05, 0) is 44.4 Å². The maximum Gasteiger partial charge on any atom is 0.337 e. The Kier molecular flexibility index (Phi) is 7.42. The van der Waals surface area contributed by atoms with Gasteiger partial charge in [0.25, 0.3) is 0 Å². The van der Waals surface area contributed by atoms with Crippen molar-refractivity contribution in [3.8, 4) is 0 Å². The lowest BCUT2D eigenvalue weighted by molar-refractivity contribution is -0.138. The molecule has 0 heterocycles. The second kappa shape index (κ2) is 8.85. The van der Waals surface area contributed by atoms with Crippen LogP contribution in [0.1, 0.15) is 44.5 Å². The fourth-order valence-electron chi connectivity index (χ4n) is 1.94. The molecule has 0 saturated heterocycles. The predicted octanol–water partition coefficient (Wildman–Crippen LogP) is 3.25. The van der Waals surface area contributed by atoms with Crippen LogP contribution in [0, 0.1) is 11.3 Å². The lowest BCUT2D eigenvalue weighted by atomic mass is 9.90. The first kappa shape index (κ1) is 21.0. The zero-order valence-electron chi connectivity index (χ0n) is 15.2. The normalized spacial score (nSPS) is 11.2.